The average Bonchev–Trinajstić information content (AvgIpc) is 2.48. The van der Waals surface area contributed by atoms with E-state index in [2.05, 4.69) is 21.2 Å². The van der Waals surface area contributed by atoms with Crippen LogP contribution >= 0.6 is 27.5 Å². The summed E-state index contributed by atoms with van der Waals surface area (Å²) in [5.41, 5.74) is 0. The Balaban J connectivity index is 2.34. The van der Waals surface area contributed by atoms with Gasteiger partial charge in [0.15, 0.2) is 0 Å². The molecular weight excluding hydrogens is 376 g/mol. The van der Waals surface area contributed by atoms with E-state index >= 15 is 0 Å². The van der Waals surface area contributed by atoms with Gasteiger partial charge in [0.2, 0.25) is 10.0 Å². The molecule has 2 rings (SSSR count). The molecule has 0 radical (unpaired) electrons. The molecule has 1 heterocycles. The van der Waals surface area contributed by atoms with Crippen molar-refractivity contribution in [3.8, 4) is 0 Å². The van der Waals surface area contributed by atoms with Crippen LogP contribution in [-0.2, 0) is 10.0 Å². The fourth-order valence-corrected chi connectivity index (χ4v) is 4.99. The topological polar surface area (TPSA) is 49.4 Å². The number of nitrogens with zero attached hydrogens (tertiary/aromatic N) is 1. The van der Waals surface area contributed by atoms with E-state index in [-0.39, 0.29) is 10.9 Å². The zero-order valence-electron chi connectivity index (χ0n) is 12.0. The summed E-state index contributed by atoms with van der Waals surface area (Å²) in [6, 6.07) is 4.79. The second-order valence-corrected chi connectivity index (χ2v) is 8.34. The summed E-state index contributed by atoms with van der Waals surface area (Å²) in [7, 11) is -3.50. The monoisotopic (exact) mass is 394 g/mol. The van der Waals surface area contributed by atoms with Crippen LogP contribution < -0.4 is 5.32 Å². The Morgan fingerprint density at radius 1 is 1.48 bits per heavy atom. The van der Waals surface area contributed by atoms with Crippen LogP contribution in [0.4, 0.5) is 0 Å². The van der Waals surface area contributed by atoms with Crippen LogP contribution in [0.2, 0.25) is 5.02 Å². The van der Waals surface area contributed by atoms with Gasteiger partial charge in [0.05, 0.1) is 9.92 Å². The lowest BCUT2D eigenvalue weighted by molar-refractivity contribution is 0.266. The fourth-order valence-electron chi connectivity index (χ4n) is 2.57. The third-order valence-corrected chi connectivity index (χ3v) is 6.78. The molecule has 1 saturated heterocycles. The normalized spacial score (nSPS) is 19.9. The van der Waals surface area contributed by atoms with Gasteiger partial charge in [0.1, 0.15) is 0 Å². The van der Waals surface area contributed by atoms with Gasteiger partial charge in [-0.15, -0.1) is 0 Å². The summed E-state index contributed by atoms with van der Waals surface area (Å²) >= 11 is 9.25. The first-order valence-corrected chi connectivity index (χ1v) is 9.75. The highest BCUT2D eigenvalue weighted by Crippen LogP contribution is 2.28. The maximum absolute atomic E-state index is 12.9. The molecule has 0 amide bonds. The van der Waals surface area contributed by atoms with E-state index in [1.165, 1.54) is 0 Å². The first-order chi connectivity index (χ1) is 9.96. The lowest BCUT2D eigenvalue weighted by Crippen LogP contribution is -2.48. The summed E-state index contributed by atoms with van der Waals surface area (Å²) in [4.78, 5) is 0.290. The number of rotatable bonds is 5. The van der Waals surface area contributed by atoms with Crippen LogP contribution in [0.25, 0.3) is 0 Å². The van der Waals surface area contributed by atoms with Crippen molar-refractivity contribution in [1.82, 2.24) is 9.62 Å². The van der Waals surface area contributed by atoms with Gasteiger partial charge in [0, 0.05) is 23.6 Å². The van der Waals surface area contributed by atoms with Gasteiger partial charge < -0.3 is 5.32 Å². The second-order valence-electron chi connectivity index (χ2n) is 5.19. The Kier molecular flexibility index (Phi) is 6.08. The largest absolute Gasteiger partial charge is 0.315 e. The zero-order chi connectivity index (χ0) is 15.5. The predicted octanol–water partition coefficient (Wildman–Crippen LogP) is 3.26. The SMILES string of the molecule is CCCN(C1CCCNC1)S(=O)(=O)c1ccc(Cl)c(Br)c1. The number of sulfonamides is 1. The molecule has 4 nitrogen and oxygen atoms in total. The van der Waals surface area contributed by atoms with Gasteiger partial charge in [-0.25, -0.2) is 8.42 Å². The van der Waals surface area contributed by atoms with Crippen molar-refractivity contribution in [3.63, 3.8) is 0 Å². The first kappa shape index (κ1) is 17.2. The number of halogens is 2. The van der Waals surface area contributed by atoms with Gasteiger partial charge in [-0.1, -0.05) is 18.5 Å². The maximum atomic E-state index is 12.9. The van der Waals surface area contributed by atoms with Crippen molar-refractivity contribution < 1.29 is 8.42 Å². The Bertz CT molecular complexity index is 589. The van der Waals surface area contributed by atoms with Crippen molar-refractivity contribution in [2.24, 2.45) is 0 Å². The van der Waals surface area contributed by atoms with E-state index in [0.717, 1.165) is 25.8 Å². The van der Waals surface area contributed by atoms with Crippen LogP contribution in [0.3, 0.4) is 0 Å². The van der Waals surface area contributed by atoms with E-state index in [1.807, 2.05) is 6.92 Å². The van der Waals surface area contributed by atoms with Crippen molar-refractivity contribution >= 4 is 37.6 Å². The highest BCUT2D eigenvalue weighted by Gasteiger charge is 2.31. The molecule has 1 unspecified atom stereocenters. The molecule has 21 heavy (non-hydrogen) atoms. The van der Waals surface area contributed by atoms with Crippen LogP contribution in [-0.4, -0.2) is 38.4 Å². The number of hydrogen-bond acceptors (Lipinski definition) is 3. The summed E-state index contributed by atoms with van der Waals surface area (Å²) in [6.07, 6.45) is 2.70. The maximum Gasteiger partial charge on any atom is 0.243 e. The van der Waals surface area contributed by atoms with E-state index in [0.29, 0.717) is 22.6 Å². The van der Waals surface area contributed by atoms with Crippen LogP contribution in [0.1, 0.15) is 26.2 Å². The molecule has 0 spiro atoms. The number of hydrogen-bond donors (Lipinski definition) is 1. The van der Waals surface area contributed by atoms with E-state index < -0.39 is 10.0 Å². The zero-order valence-corrected chi connectivity index (χ0v) is 15.1. The van der Waals surface area contributed by atoms with Crippen LogP contribution in [0, 0.1) is 0 Å². The molecular formula is C14H20BrClN2O2S. The van der Waals surface area contributed by atoms with Crippen LogP contribution in [0.15, 0.2) is 27.6 Å². The standard InChI is InChI=1S/C14H20BrClN2O2S/c1-2-8-18(11-4-3-7-17-10-11)21(19,20)12-5-6-14(16)13(15)9-12/h5-6,9,11,17H,2-4,7-8,10H2,1H3. The second kappa shape index (κ2) is 7.42. The molecule has 0 aliphatic carbocycles. The molecule has 1 atom stereocenters. The molecule has 0 bridgehead atoms. The molecule has 1 aromatic rings. The summed E-state index contributed by atoms with van der Waals surface area (Å²) < 4.78 is 28.1. The van der Waals surface area contributed by atoms with Gasteiger partial charge in [0.25, 0.3) is 0 Å². The van der Waals surface area contributed by atoms with Gasteiger partial charge >= 0.3 is 0 Å². The minimum Gasteiger partial charge on any atom is -0.315 e. The average molecular weight is 396 g/mol. The fraction of sp³-hybridized carbons (Fsp3) is 0.571. The summed E-state index contributed by atoms with van der Waals surface area (Å²) in [5.74, 6) is 0. The molecule has 1 aliphatic rings. The van der Waals surface area contributed by atoms with Crippen molar-refractivity contribution in [2.45, 2.75) is 37.1 Å². The Morgan fingerprint density at radius 3 is 2.81 bits per heavy atom. The van der Waals surface area contributed by atoms with E-state index in [9.17, 15) is 8.42 Å². The molecule has 118 valence electrons. The number of piperidine rings is 1. The van der Waals surface area contributed by atoms with Gasteiger partial charge in [-0.2, -0.15) is 4.31 Å². The third kappa shape index (κ3) is 3.99. The number of benzene rings is 1. The quantitative estimate of drug-likeness (QED) is 0.832. The van der Waals surface area contributed by atoms with E-state index in [4.69, 9.17) is 11.6 Å². The summed E-state index contributed by atoms with van der Waals surface area (Å²) in [6.45, 7) is 4.21. The smallest absolute Gasteiger partial charge is 0.243 e. The minimum atomic E-state index is -3.50. The lowest BCUT2D eigenvalue weighted by Gasteiger charge is -2.33. The summed E-state index contributed by atoms with van der Waals surface area (Å²) in [5, 5.41) is 3.79. The number of nitrogens with one attached hydrogen (secondary N) is 1. The Labute approximate surface area is 140 Å². The van der Waals surface area contributed by atoms with Gasteiger partial charge in [-0.3, -0.25) is 0 Å². The Morgan fingerprint density at radius 2 is 2.24 bits per heavy atom. The van der Waals surface area contributed by atoms with E-state index in [1.54, 1.807) is 22.5 Å². The predicted molar refractivity (Wildman–Crippen MR) is 89.2 cm³/mol. The minimum absolute atomic E-state index is 0.0261. The van der Waals surface area contributed by atoms with Crippen molar-refractivity contribution in [2.75, 3.05) is 19.6 Å². The first-order valence-electron chi connectivity index (χ1n) is 7.14. The van der Waals surface area contributed by atoms with Gasteiger partial charge in [-0.05, 0) is 59.9 Å². The lowest BCUT2D eigenvalue weighted by atomic mass is 10.1. The van der Waals surface area contributed by atoms with Crippen molar-refractivity contribution in [1.29, 1.82) is 0 Å². The highest BCUT2D eigenvalue weighted by molar-refractivity contribution is 9.10. The molecule has 1 N–H and O–H groups in total. The highest BCUT2D eigenvalue weighted by atomic mass is 79.9. The molecule has 0 saturated carbocycles. The van der Waals surface area contributed by atoms with Crippen LogP contribution in [0.5, 0.6) is 0 Å². The molecule has 7 heteroatoms. The molecule has 0 aromatic heterocycles. The van der Waals surface area contributed by atoms with Crippen molar-refractivity contribution in [3.05, 3.63) is 27.7 Å². The molecule has 1 aromatic carbocycles. The third-order valence-electron chi connectivity index (χ3n) is 3.62. The Hall–Kier alpha value is -0.140. The molecule has 1 aliphatic heterocycles. The molecule has 1 fully saturated rings.